The topological polar surface area (TPSA) is 134 Å². The number of nitrogens with zero attached hydrogens (tertiary/aromatic N) is 2. The zero-order valence-electron chi connectivity index (χ0n) is 18.8. The van der Waals surface area contributed by atoms with Crippen molar-refractivity contribution in [3.8, 4) is 16.9 Å². The minimum Gasteiger partial charge on any atom is -0.479 e. The van der Waals surface area contributed by atoms with Gasteiger partial charge in [0.05, 0.1) is 11.3 Å². The number of carboxylic acid groups (broad SMARTS) is 1. The Balaban J connectivity index is 1.70. The Hall–Kier alpha value is -4.13. The Morgan fingerprint density at radius 3 is 2.50 bits per heavy atom. The largest absolute Gasteiger partial charge is 0.479 e. The van der Waals surface area contributed by atoms with Gasteiger partial charge in [0.25, 0.3) is 10.0 Å². The molecule has 0 unspecified atom stereocenters. The summed E-state index contributed by atoms with van der Waals surface area (Å²) < 4.78 is 73.2. The molecule has 13 heteroatoms. The number of halogens is 3. The van der Waals surface area contributed by atoms with Gasteiger partial charge in [0.15, 0.2) is 11.1 Å². The van der Waals surface area contributed by atoms with Crippen LogP contribution >= 0.6 is 0 Å². The molecule has 36 heavy (non-hydrogen) atoms. The van der Waals surface area contributed by atoms with E-state index in [2.05, 4.69) is 19.7 Å². The summed E-state index contributed by atoms with van der Waals surface area (Å²) >= 11 is 0. The predicted octanol–water partition coefficient (Wildman–Crippen LogP) is 4.60. The smallest absolute Gasteiger partial charge is 0.416 e. The number of aliphatic carboxylic acids is 1. The van der Waals surface area contributed by atoms with Crippen molar-refractivity contribution < 1.29 is 36.2 Å². The number of aromatic amines is 1. The molecule has 0 aliphatic rings. The number of H-pyrrole nitrogens is 1. The maximum atomic E-state index is 13.3. The third kappa shape index (κ3) is 5.10. The Labute approximate surface area is 203 Å². The highest BCUT2D eigenvalue weighted by atomic mass is 32.2. The highest BCUT2D eigenvalue weighted by molar-refractivity contribution is 7.92. The molecule has 0 radical (unpaired) electrons. The van der Waals surface area contributed by atoms with Gasteiger partial charge in [-0.15, -0.1) is 0 Å². The van der Waals surface area contributed by atoms with Gasteiger partial charge in [0.1, 0.15) is 5.75 Å². The Kier molecular flexibility index (Phi) is 6.35. The van der Waals surface area contributed by atoms with Gasteiger partial charge >= 0.3 is 12.1 Å². The van der Waals surface area contributed by atoms with Crippen LogP contribution < -0.4 is 9.46 Å². The van der Waals surface area contributed by atoms with Crippen molar-refractivity contribution in [2.45, 2.75) is 31.2 Å². The molecule has 0 aliphatic heterocycles. The maximum Gasteiger partial charge on any atom is 0.416 e. The zero-order chi connectivity index (χ0) is 26.3. The van der Waals surface area contributed by atoms with E-state index in [0.29, 0.717) is 10.9 Å². The summed E-state index contributed by atoms with van der Waals surface area (Å²) in [6, 6.07) is 11.0. The van der Waals surface area contributed by atoms with E-state index in [1.807, 2.05) is 0 Å². The first kappa shape index (κ1) is 25.0. The highest BCUT2D eigenvalue weighted by Gasteiger charge is 2.32. The highest BCUT2D eigenvalue weighted by Crippen LogP contribution is 2.38. The summed E-state index contributed by atoms with van der Waals surface area (Å²) in [7, 11) is -4.10. The second kappa shape index (κ2) is 9.15. The molecule has 0 saturated heterocycles. The van der Waals surface area contributed by atoms with Crippen molar-refractivity contribution in [1.29, 1.82) is 0 Å². The van der Waals surface area contributed by atoms with E-state index >= 15 is 0 Å². The van der Waals surface area contributed by atoms with Crippen LogP contribution in [-0.4, -0.2) is 40.5 Å². The SMILES string of the molecule is Cc1nc(NS(=O)(=O)c2cc3ccccc3[nH]2)ncc1-c1cc(C(F)(F)F)ccc1O[C@@H](C)C(=O)O. The number of hydrogen-bond acceptors (Lipinski definition) is 6. The number of aromatic nitrogens is 3. The molecule has 0 spiro atoms. The number of para-hydroxylation sites is 1. The Morgan fingerprint density at radius 1 is 1.14 bits per heavy atom. The lowest BCUT2D eigenvalue weighted by Gasteiger charge is -2.18. The first-order valence-corrected chi connectivity index (χ1v) is 11.9. The fraction of sp³-hybridized carbons (Fsp3) is 0.174. The van der Waals surface area contributed by atoms with Crippen molar-refractivity contribution in [3.63, 3.8) is 0 Å². The van der Waals surface area contributed by atoms with Crippen LogP contribution in [0.15, 0.2) is 59.8 Å². The summed E-state index contributed by atoms with van der Waals surface area (Å²) in [4.78, 5) is 22.0. The molecular weight excluding hydrogens is 501 g/mol. The molecule has 4 rings (SSSR count). The second-order valence-corrected chi connectivity index (χ2v) is 9.48. The zero-order valence-corrected chi connectivity index (χ0v) is 19.6. The van der Waals surface area contributed by atoms with E-state index < -0.39 is 33.8 Å². The van der Waals surface area contributed by atoms with Crippen molar-refractivity contribution >= 4 is 32.8 Å². The molecule has 2 aromatic carbocycles. The van der Waals surface area contributed by atoms with Crippen LogP contribution in [0.3, 0.4) is 0 Å². The van der Waals surface area contributed by atoms with Gasteiger partial charge in [0.2, 0.25) is 5.95 Å². The molecule has 0 bridgehead atoms. The number of sulfonamides is 1. The van der Waals surface area contributed by atoms with Gasteiger partial charge in [-0.3, -0.25) is 0 Å². The molecule has 2 heterocycles. The van der Waals surface area contributed by atoms with E-state index in [-0.39, 0.29) is 33.5 Å². The minimum absolute atomic E-state index is 0.0968. The molecule has 4 aromatic rings. The van der Waals surface area contributed by atoms with E-state index in [1.54, 1.807) is 24.3 Å². The number of carboxylic acids is 1. The van der Waals surface area contributed by atoms with E-state index in [0.717, 1.165) is 24.4 Å². The van der Waals surface area contributed by atoms with Gasteiger partial charge in [-0.1, -0.05) is 18.2 Å². The molecule has 0 saturated carbocycles. The average molecular weight is 520 g/mol. The molecular formula is C23H19F3N4O5S. The summed E-state index contributed by atoms with van der Waals surface area (Å²) in [5.41, 5.74) is -0.247. The average Bonchev–Trinajstić information content (AvgIpc) is 3.24. The second-order valence-electron chi connectivity index (χ2n) is 7.83. The lowest BCUT2D eigenvalue weighted by molar-refractivity contribution is -0.144. The van der Waals surface area contributed by atoms with Gasteiger partial charge < -0.3 is 14.8 Å². The van der Waals surface area contributed by atoms with E-state index in [9.17, 15) is 26.4 Å². The predicted molar refractivity (Wildman–Crippen MR) is 124 cm³/mol. The van der Waals surface area contributed by atoms with Crippen LogP contribution in [0, 0.1) is 6.92 Å². The van der Waals surface area contributed by atoms with Crippen LogP contribution in [0.25, 0.3) is 22.0 Å². The molecule has 3 N–H and O–H groups in total. The minimum atomic E-state index is -4.67. The van der Waals surface area contributed by atoms with Crippen molar-refractivity contribution in [1.82, 2.24) is 15.0 Å². The normalized spacial score (nSPS) is 12.9. The van der Waals surface area contributed by atoms with E-state index in [1.165, 1.54) is 19.9 Å². The third-order valence-corrected chi connectivity index (χ3v) is 6.50. The van der Waals surface area contributed by atoms with Crippen LogP contribution in [0.4, 0.5) is 19.1 Å². The van der Waals surface area contributed by atoms with Crippen LogP contribution in [0.5, 0.6) is 5.75 Å². The summed E-state index contributed by atoms with van der Waals surface area (Å²) in [5.74, 6) is -1.74. The number of anilines is 1. The molecule has 9 nitrogen and oxygen atoms in total. The fourth-order valence-electron chi connectivity index (χ4n) is 3.41. The number of benzene rings is 2. The van der Waals surface area contributed by atoms with Gasteiger partial charge in [-0.25, -0.2) is 19.5 Å². The quantitative estimate of drug-likeness (QED) is 0.324. The number of nitrogens with one attached hydrogen (secondary N) is 2. The molecule has 1 atom stereocenters. The van der Waals surface area contributed by atoms with Crippen molar-refractivity contribution in [2.75, 3.05) is 4.72 Å². The van der Waals surface area contributed by atoms with Crippen LogP contribution in [-0.2, 0) is 21.0 Å². The van der Waals surface area contributed by atoms with Crippen LogP contribution in [0.2, 0.25) is 0 Å². The monoisotopic (exact) mass is 520 g/mol. The number of carbonyl (C=O) groups is 1. The van der Waals surface area contributed by atoms with Crippen molar-refractivity contribution in [2.24, 2.45) is 0 Å². The van der Waals surface area contributed by atoms with Gasteiger partial charge in [-0.05, 0) is 44.2 Å². The number of ether oxygens (including phenoxy) is 1. The fourth-order valence-corrected chi connectivity index (χ4v) is 4.38. The Bertz CT molecular complexity index is 1530. The number of fused-ring (bicyclic) bond motifs is 1. The lowest BCUT2D eigenvalue weighted by Crippen LogP contribution is -2.23. The maximum absolute atomic E-state index is 13.3. The first-order chi connectivity index (χ1) is 16.8. The van der Waals surface area contributed by atoms with Gasteiger partial charge in [0, 0.05) is 28.2 Å². The molecule has 2 aromatic heterocycles. The first-order valence-electron chi connectivity index (χ1n) is 10.4. The van der Waals surface area contributed by atoms with Crippen LogP contribution in [0.1, 0.15) is 18.2 Å². The number of rotatable bonds is 7. The summed E-state index contributed by atoms with van der Waals surface area (Å²) in [6.07, 6.45) is -4.88. The Morgan fingerprint density at radius 2 is 1.86 bits per heavy atom. The van der Waals surface area contributed by atoms with Gasteiger partial charge in [-0.2, -0.15) is 21.6 Å². The lowest BCUT2D eigenvalue weighted by atomic mass is 10.0. The standard InChI is InChI=1S/C23H19F3N4O5S/c1-12-17(16-10-15(23(24,25)26)7-8-19(16)35-13(2)21(31)32)11-27-22(28-12)30-36(33,34)20-9-14-5-3-4-6-18(14)29-20/h3-11,13,29H,1-2H3,(H,31,32)(H,27,28,30)/t13-/m0/s1. The third-order valence-electron chi connectivity index (χ3n) is 5.25. The van der Waals surface area contributed by atoms with Crippen molar-refractivity contribution in [3.05, 3.63) is 66.0 Å². The number of hydrogen-bond donors (Lipinski definition) is 3. The van der Waals surface area contributed by atoms with E-state index in [4.69, 9.17) is 9.84 Å². The summed E-state index contributed by atoms with van der Waals surface area (Å²) in [6.45, 7) is 2.68. The molecule has 0 fully saturated rings. The number of aryl methyl sites for hydroxylation is 1. The molecule has 188 valence electrons. The molecule has 0 aliphatic carbocycles. The summed E-state index contributed by atoms with van der Waals surface area (Å²) in [5, 5.41) is 9.69. The number of alkyl halides is 3. The molecule has 0 amide bonds.